The number of aromatic carboxylic acids is 1. The molecule has 0 aromatic carbocycles. The molecule has 0 spiro atoms. The van der Waals surface area contributed by atoms with E-state index in [-0.39, 0.29) is 24.6 Å². The van der Waals surface area contributed by atoms with Crippen molar-refractivity contribution in [3.05, 3.63) is 29.6 Å². The minimum Gasteiger partial charge on any atom is -0.478 e. The van der Waals surface area contributed by atoms with Gasteiger partial charge < -0.3 is 10.2 Å². The summed E-state index contributed by atoms with van der Waals surface area (Å²) in [6.07, 6.45) is 2.66. The fourth-order valence-corrected chi connectivity index (χ4v) is 0.691. The van der Waals surface area contributed by atoms with Gasteiger partial charge in [-0.1, -0.05) is 0 Å². The number of hydrogen-bond acceptors (Lipinski definition) is 3. The molecule has 1 rings (SSSR count). The molecule has 1 heterocycles. The van der Waals surface area contributed by atoms with Crippen LogP contribution in [0.3, 0.4) is 0 Å². The normalized spacial score (nSPS) is 8.75. The Morgan fingerprint density at radius 2 is 2.17 bits per heavy atom. The second-order valence-corrected chi connectivity index (χ2v) is 2.05. The summed E-state index contributed by atoms with van der Waals surface area (Å²) in [5, 5.41) is 17.1. The SMILES string of the molecule is Cl.O=C(O)c1cncc(CO)c1. The zero-order valence-electron chi connectivity index (χ0n) is 6.10. The molecular formula is C7H8ClNO3. The van der Waals surface area contributed by atoms with Gasteiger partial charge in [-0.3, -0.25) is 4.98 Å². The summed E-state index contributed by atoms with van der Waals surface area (Å²) < 4.78 is 0. The molecule has 66 valence electrons. The maximum absolute atomic E-state index is 10.3. The Kier molecular flexibility index (Phi) is 4.25. The highest BCUT2D eigenvalue weighted by molar-refractivity contribution is 5.87. The molecule has 5 heteroatoms. The van der Waals surface area contributed by atoms with Crippen molar-refractivity contribution in [2.24, 2.45) is 0 Å². The van der Waals surface area contributed by atoms with E-state index >= 15 is 0 Å². The van der Waals surface area contributed by atoms with Crippen molar-refractivity contribution in [1.82, 2.24) is 4.98 Å². The van der Waals surface area contributed by atoms with Crippen LogP contribution in [0.1, 0.15) is 15.9 Å². The van der Waals surface area contributed by atoms with Gasteiger partial charge in [0.1, 0.15) is 0 Å². The molecule has 0 aliphatic carbocycles. The Balaban J connectivity index is 0.00000121. The van der Waals surface area contributed by atoms with Crippen LogP contribution in [-0.4, -0.2) is 21.2 Å². The highest BCUT2D eigenvalue weighted by Crippen LogP contribution is 2.01. The van der Waals surface area contributed by atoms with Gasteiger partial charge in [-0.05, 0) is 11.6 Å². The molecule has 1 aromatic rings. The zero-order valence-corrected chi connectivity index (χ0v) is 6.91. The number of pyridine rings is 1. The monoisotopic (exact) mass is 189 g/mol. The zero-order chi connectivity index (χ0) is 8.27. The number of carbonyl (C=O) groups is 1. The van der Waals surface area contributed by atoms with E-state index in [1.54, 1.807) is 0 Å². The Bertz CT molecular complexity index is 277. The molecule has 0 amide bonds. The highest BCUT2D eigenvalue weighted by atomic mass is 35.5. The minimum absolute atomic E-state index is 0. The van der Waals surface area contributed by atoms with E-state index in [1.165, 1.54) is 18.5 Å². The van der Waals surface area contributed by atoms with Crippen LogP contribution >= 0.6 is 12.4 Å². The standard InChI is InChI=1S/C7H7NO3.ClH/c9-4-5-1-6(7(10)11)3-8-2-5;/h1-3,9H,4H2,(H,10,11);1H. The maximum Gasteiger partial charge on any atom is 0.337 e. The average molecular weight is 190 g/mol. The third-order valence-corrected chi connectivity index (χ3v) is 1.22. The first-order chi connectivity index (χ1) is 5.24. The first-order valence-corrected chi connectivity index (χ1v) is 3.02. The van der Waals surface area contributed by atoms with Crippen LogP contribution < -0.4 is 0 Å². The lowest BCUT2D eigenvalue weighted by Crippen LogP contribution is -1.98. The van der Waals surface area contributed by atoms with Gasteiger partial charge in [0.25, 0.3) is 0 Å². The summed E-state index contributed by atoms with van der Waals surface area (Å²) in [5.41, 5.74) is 0.599. The topological polar surface area (TPSA) is 70.4 Å². The lowest BCUT2D eigenvalue weighted by molar-refractivity contribution is 0.0696. The number of aromatic nitrogens is 1. The fraction of sp³-hybridized carbons (Fsp3) is 0.143. The van der Waals surface area contributed by atoms with Gasteiger partial charge >= 0.3 is 5.97 Å². The summed E-state index contributed by atoms with van der Waals surface area (Å²) in [4.78, 5) is 14.0. The van der Waals surface area contributed by atoms with Crippen molar-refractivity contribution >= 4 is 18.4 Å². The van der Waals surface area contributed by atoms with Crippen molar-refractivity contribution in [2.45, 2.75) is 6.61 Å². The van der Waals surface area contributed by atoms with Crippen LogP contribution in [-0.2, 0) is 6.61 Å². The molecule has 4 nitrogen and oxygen atoms in total. The maximum atomic E-state index is 10.3. The second-order valence-electron chi connectivity index (χ2n) is 2.05. The van der Waals surface area contributed by atoms with Crippen molar-refractivity contribution in [1.29, 1.82) is 0 Å². The van der Waals surface area contributed by atoms with Crippen molar-refractivity contribution < 1.29 is 15.0 Å². The summed E-state index contributed by atoms with van der Waals surface area (Å²) in [6, 6.07) is 1.38. The number of aliphatic hydroxyl groups is 1. The van der Waals surface area contributed by atoms with Crippen molar-refractivity contribution in [3.63, 3.8) is 0 Å². The van der Waals surface area contributed by atoms with E-state index in [2.05, 4.69) is 4.98 Å². The Labute approximate surface area is 75.3 Å². The molecular weight excluding hydrogens is 182 g/mol. The number of carboxylic acid groups (broad SMARTS) is 1. The number of rotatable bonds is 2. The summed E-state index contributed by atoms with van der Waals surface area (Å²) in [5.74, 6) is -1.03. The summed E-state index contributed by atoms with van der Waals surface area (Å²) in [7, 11) is 0. The molecule has 0 atom stereocenters. The van der Waals surface area contributed by atoms with Crippen molar-refractivity contribution in [2.75, 3.05) is 0 Å². The second kappa shape index (κ2) is 4.69. The third-order valence-electron chi connectivity index (χ3n) is 1.22. The van der Waals surface area contributed by atoms with Crippen LogP contribution in [0, 0.1) is 0 Å². The largest absolute Gasteiger partial charge is 0.478 e. The van der Waals surface area contributed by atoms with Gasteiger partial charge in [-0.15, -0.1) is 12.4 Å². The smallest absolute Gasteiger partial charge is 0.337 e. The molecule has 0 fully saturated rings. The molecule has 0 unspecified atom stereocenters. The van der Waals surface area contributed by atoms with E-state index < -0.39 is 5.97 Å². The van der Waals surface area contributed by atoms with Crippen LogP contribution in [0.25, 0.3) is 0 Å². The minimum atomic E-state index is -1.03. The van der Waals surface area contributed by atoms with Crippen LogP contribution in [0.4, 0.5) is 0 Å². The first-order valence-electron chi connectivity index (χ1n) is 3.02. The van der Waals surface area contributed by atoms with Gasteiger partial charge in [0.15, 0.2) is 0 Å². The van der Waals surface area contributed by atoms with E-state index in [0.29, 0.717) is 5.56 Å². The third kappa shape index (κ3) is 2.48. The van der Waals surface area contributed by atoms with Gasteiger partial charge in [0.05, 0.1) is 12.2 Å². The summed E-state index contributed by atoms with van der Waals surface area (Å²) in [6.45, 7) is -0.186. The predicted octanol–water partition coefficient (Wildman–Crippen LogP) is 0.694. The van der Waals surface area contributed by atoms with Crippen LogP contribution in [0.5, 0.6) is 0 Å². The van der Waals surface area contributed by atoms with E-state index in [0.717, 1.165) is 0 Å². The number of hydrogen-bond donors (Lipinski definition) is 2. The molecule has 1 aromatic heterocycles. The van der Waals surface area contributed by atoms with Gasteiger partial charge in [0, 0.05) is 12.4 Å². The molecule has 0 bridgehead atoms. The number of halogens is 1. The number of nitrogens with zero attached hydrogens (tertiary/aromatic N) is 1. The lowest BCUT2D eigenvalue weighted by atomic mass is 10.2. The Hall–Kier alpha value is -1.13. The van der Waals surface area contributed by atoms with Crippen molar-refractivity contribution in [3.8, 4) is 0 Å². The first kappa shape index (κ1) is 10.9. The fourth-order valence-electron chi connectivity index (χ4n) is 0.691. The quantitative estimate of drug-likeness (QED) is 0.718. The molecule has 12 heavy (non-hydrogen) atoms. The number of carboxylic acids is 1. The lowest BCUT2D eigenvalue weighted by Gasteiger charge is -1.95. The predicted molar refractivity (Wildman–Crippen MR) is 44.4 cm³/mol. The van der Waals surface area contributed by atoms with Gasteiger partial charge in [0.2, 0.25) is 0 Å². The number of aliphatic hydroxyl groups excluding tert-OH is 1. The Morgan fingerprint density at radius 1 is 1.50 bits per heavy atom. The van der Waals surface area contributed by atoms with Gasteiger partial charge in [-0.2, -0.15) is 0 Å². The molecule has 2 N–H and O–H groups in total. The molecule has 0 radical (unpaired) electrons. The van der Waals surface area contributed by atoms with Gasteiger partial charge in [-0.25, -0.2) is 4.79 Å². The van der Waals surface area contributed by atoms with E-state index in [1.807, 2.05) is 0 Å². The van der Waals surface area contributed by atoms with Crippen LogP contribution in [0.15, 0.2) is 18.5 Å². The van der Waals surface area contributed by atoms with E-state index in [4.69, 9.17) is 10.2 Å². The van der Waals surface area contributed by atoms with E-state index in [9.17, 15) is 4.79 Å². The molecule has 0 saturated heterocycles. The summed E-state index contributed by atoms with van der Waals surface area (Å²) >= 11 is 0. The molecule has 0 aliphatic heterocycles. The molecule has 0 aliphatic rings. The molecule has 0 saturated carbocycles. The average Bonchev–Trinajstić information content (AvgIpc) is 2.05. The Morgan fingerprint density at radius 3 is 2.67 bits per heavy atom. The van der Waals surface area contributed by atoms with Crippen LogP contribution in [0.2, 0.25) is 0 Å². The highest BCUT2D eigenvalue weighted by Gasteiger charge is 2.02.